The molecule has 20 heavy (non-hydrogen) atoms. The smallest absolute Gasteiger partial charge is 0.272 e. The van der Waals surface area contributed by atoms with Crippen LogP contribution in [0.5, 0.6) is 11.5 Å². The Balaban J connectivity index is 2.23. The highest BCUT2D eigenvalue weighted by atomic mass is 79.9. The molecule has 1 heterocycles. The summed E-state index contributed by atoms with van der Waals surface area (Å²) in [7, 11) is 3.38. The van der Waals surface area contributed by atoms with Gasteiger partial charge in [0.1, 0.15) is 17.2 Å². The second-order valence-electron chi connectivity index (χ2n) is 4.59. The second-order valence-corrected chi connectivity index (χ2v) is 5.44. The lowest BCUT2D eigenvalue weighted by atomic mass is 10.2. The molecule has 2 rings (SSSR count). The Bertz CT molecular complexity index is 642. The second kappa shape index (κ2) is 6.05. The summed E-state index contributed by atoms with van der Waals surface area (Å²) in [4.78, 5) is 17.4. The van der Waals surface area contributed by atoms with Crippen LogP contribution in [0.25, 0.3) is 0 Å². The van der Waals surface area contributed by atoms with E-state index in [1.807, 2.05) is 25.1 Å². The average Bonchev–Trinajstić information content (AvgIpc) is 2.42. The van der Waals surface area contributed by atoms with Crippen LogP contribution in [-0.2, 0) is 0 Å². The van der Waals surface area contributed by atoms with E-state index in [0.29, 0.717) is 11.4 Å². The number of benzene rings is 1. The third-order valence-corrected chi connectivity index (χ3v) is 3.61. The molecule has 0 N–H and O–H groups in total. The summed E-state index contributed by atoms with van der Waals surface area (Å²) in [5.74, 6) is 1.16. The molecule has 0 aliphatic carbocycles. The number of nitrogens with zero attached hydrogens (tertiary/aromatic N) is 2. The highest BCUT2D eigenvalue weighted by Crippen LogP contribution is 2.26. The largest absolute Gasteiger partial charge is 0.457 e. The van der Waals surface area contributed by atoms with E-state index in [1.165, 1.54) is 4.90 Å². The first-order valence-corrected chi connectivity index (χ1v) is 6.88. The molecule has 0 radical (unpaired) electrons. The van der Waals surface area contributed by atoms with E-state index in [4.69, 9.17) is 4.74 Å². The lowest BCUT2D eigenvalue weighted by Gasteiger charge is -2.11. The molecule has 1 aromatic carbocycles. The van der Waals surface area contributed by atoms with Crippen molar-refractivity contribution < 1.29 is 9.53 Å². The summed E-state index contributed by atoms with van der Waals surface area (Å²) in [6.45, 7) is 1.99. The Morgan fingerprint density at radius 3 is 2.55 bits per heavy atom. The van der Waals surface area contributed by atoms with Gasteiger partial charge in [-0.25, -0.2) is 0 Å². The van der Waals surface area contributed by atoms with Crippen molar-refractivity contribution in [2.45, 2.75) is 6.92 Å². The lowest BCUT2D eigenvalue weighted by molar-refractivity contribution is 0.0821. The third-order valence-electron chi connectivity index (χ3n) is 2.72. The number of rotatable bonds is 3. The van der Waals surface area contributed by atoms with Crippen LogP contribution in [0.4, 0.5) is 0 Å². The van der Waals surface area contributed by atoms with Gasteiger partial charge in [0.2, 0.25) is 0 Å². The van der Waals surface area contributed by atoms with Gasteiger partial charge in [-0.05, 0) is 36.8 Å². The van der Waals surface area contributed by atoms with Crippen molar-refractivity contribution in [1.82, 2.24) is 9.88 Å². The van der Waals surface area contributed by atoms with Crippen LogP contribution in [0.2, 0.25) is 0 Å². The van der Waals surface area contributed by atoms with E-state index in [1.54, 1.807) is 32.4 Å². The number of halogens is 1. The molecule has 0 aliphatic heterocycles. The molecule has 1 aromatic heterocycles. The standard InChI is InChI=1S/C15H15BrN2O2/c1-10-8-11(4-5-13(10)16)20-12-6-7-17-14(9-12)15(19)18(2)3/h4-9H,1-3H3. The van der Waals surface area contributed by atoms with Gasteiger partial charge in [0.05, 0.1) is 0 Å². The van der Waals surface area contributed by atoms with Gasteiger partial charge in [-0.3, -0.25) is 9.78 Å². The Labute approximate surface area is 126 Å². The normalized spacial score (nSPS) is 10.2. The van der Waals surface area contributed by atoms with Crippen molar-refractivity contribution in [2.75, 3.05) is 14.1 Å². The maximum absolute atomic E-state index is 11.8. The molecule has 0 spiro atoms. The molecular weight excluding hydrogens is 320 g/mol. The zero-order chi connectivity index (χ0) is 14.7. The number of pyridine rings is 1. The van der Waals surface area contributed by atoms with E-state index in [2.05, 4.69) is 20.9 Å². The first-order chi connectivity index (χ1) is 9.47. The molecular formula is C15H15BrN2O2. The van der Waals surface area contributed by atoms with Crippen molar-refractivity contribution in [3.63, 3.8) is 0 Å². The molecule has 104 valence electrons. The van der Waals surface area contributed by atoms with Gasteiger partial charge >= 0.3 is 0 Å². The Hall–Kier alpha value is -1.88. The minimum Gasteiger partial charge on any atom is -0.457 e. The Morgan fingerprint density at radius 2 is 1.90 bits per heavy atom. The van der Waals surface area contributed by atoms with Crippen LogP contribution >= 0.6 is 15.9 Å². The predicted molar refractivity (Wildman–Crippen MR) is 81.2 cm³/mol. The third kappa shape index (κ3) is 3.36. The maximum atomic E-state index is 11.8. The number of aromatic nitrogens is 1. The van der Waals surface area contributed by atoms with E-state index >= 15 is 0 Å². The monoisotopic (exact) mass is 334 g/mol. The first-order valence-electron chi connectivity index (χ1n) is 6.09. The topological polar surface area (TPSA) is 42.4 Å². The fraction of sp³-hybridized carbons (Fsp3) is 0.200. The minimum atomic E-state index is -0.151. The lowest BCUT2D eigenvalue weighted by Crippen LogP contribution is -2.22. The van der Waals surface area contributed by atoms with Crippen LogP contribution in [-0.4, -0.2) is 29.9 Å². The van der Waals surface area contributed by atoms with Crippen molar-refractivity contribution in [2.24, 2.45) is 0 Å². The van der Waals surface area contributed by atoms with E-state index in [9.17, 15) is 4.79 Å². The summed E-state index contributed by atoms with van der Waals surface area (Å²) < 4.78 is 6.78. The van der Waals surface area contributed by atoms with Gasteiger partial charge in [0.15, 0.2) is 0 Å². The molecule has 5 heteroatoms. The highest BCUT2D eigenvalue weighted by molar-refractivity contribution is 9.10. The van der Waals surface area contributed by atoms with Crippen LogP contribution in [0.3, 0.4) is 0 Å². The molecule has 0 saturated heterocycles. The molecule has 0 bridgehead atoms. The Morgan fingerprint density at radius 1 is 1.20 bits per heavy atom. The number of amides is 1. The zero-order valence-corrected chi connectivity index (χ0v) is 13.1. The summed E-state index contributed by atoms with van der Waals surface area (Å²) >= 11 is 3.45. The maximum Gasteiger partial charge on any atom is 0.272 e. The molecule has 1 amide bonds. The van der Waals surface area contributed by atoms with Gasteiger partial charge in [-0.2, -0.15) is 0 Å². The first kappa shape index (κ1) is 14.5. The van der Waals surface area contributed by atoms with Crippen molar-refractivity contribution >= 4 is 21.8 Å². The van der Waals surface area contributed by atoms with Gasteiger partial charge in [-0.1, -0.05) is 15.9 Å². The van der Waals surface area contributed by atoms with Gasteiger partial charge in [0, 0.05) is 30.8 Å². The number of ether oxygens (including phenoxy) is 1. The van der Waals surface area contributed by atoms with E-state index in [0.717, 1.165) is 15.8 Å². The predicted octanol–water partition coefficient (Wildman–Crippen LogP) is 3.65. The van der Waals surface area contributed by atoms with Crippen molar-refractivity contribution in [1.29, 1.82) is 0 Å². The highest BCUT2D eigenvalue weighted by Gasteiger charge is 2.10. The summed E-state index contributed by atoms with van der Waals surface area (Å²) in [6, 6.07) is 9.09. The van der Waals surface area contributed by atoms with E-state index < -0.39 is 0 Å². The summed E-state index contributed by atoms with van der Waals surface area (Å²) in [5.41, 5.74) is 1.45. The SMILES string of the molecule is Cc1cc(Oc2ccnc(C(=O)N(C)C)c2)ccc1Br. The summed E-state index contributed by atoms with van der Waals surface area (Å²) in [5, 5.41) is 0. The molecule has 0 fully saturated rings. The van der Waals surface area contributed by atoms with Gasteiger partial charge < -0.3 is 9.64 Å². The number of hydrogen-bond acceptors (Lipinski definition) is 3. The van der Waals surface area contributed by atoms with Crippen molar-refractivity contribution in [3.8, 4) is 11.5 Å². The van der Waals surface area contributed by atoms with E-state index in [-0.39, 0.29) is 5.91 Å². The zero-order valence-electron chi connectivity index (χ0n) is 11.6. The quantitative estimate of drug-likeness (QED) is 0.860. The van der Waals surface area contributed by atoms with Crippen LogP contribution in [0, 0.1) is 6.92 Å². The molecule has 0 aliphatic rings. The number of carbonyl (C=O) groups excluding carboxylic acids is 1. The minimum absolute atomic E-state index is 0.151. The van der Waals surface area contributed by atoms with Gasteiger partial charge in [0.25, 0.3) is 5.91 Å². The fourth-order valence-corrected chi connectivity index (χ4v) is 1.88. The van der Waals surface area contributed by atoms with Crippen molar-refractivity contribution in [3.05, 3.63) is 52.3 Å². The molecule has 0 atom stereocenters. The molecule has 2 aromatic rings. The van der Waals surface area contributed by atoms with Gasteiger partial charge in [-0.15, -0.1) is 0 Å². The molecule has 0 unspecified atom stereocenters. The number of carbonyl (C=O) groups is 1. The number of hydrogen-bond donors (Lipinski definition) is 0. The van der Waals surface area contributed by atoms with Crippen LogP contribution in [0.15, 0.2) is 41.0 Å². The van der Waals surface area contributed by atoms with Crippen LogP contribution in [0.1, 0.15) is 16.1 Å². The fourth-order valence-electron chi connectivity index (χ4n) is 1.64. The van der Waals surface area contributed by atoms with Crippen LogP contribution < -0.4 is 4.74 Å². The summed E-state index contributed by atoms with van der Waals surface area (Å²) in [6.07, 6.45) is 1.57. The average molecular weight is 335 g/mol. The Kier molecular flexibility index (Phi) is 4.39. The number of aryl methyl sites for hydroxylation is 1. The molecule has 0 saturated carbocycles. The molecule has 4 nitrogen and oxygen atoms in total.